The molecule has 2 heterocycles. The molecule has 1 aliphatic rings. The van der Waals surface area contributed by atoms with Crippen molar-refractivity contribution in [1.29, 1.82) is 0 Å². The number of fused-ring (bicyclic) bond motifs is 1. The first-order valence-electron chi connectivity index (χ1n) is 7.18. The van der Waals surface area contributed by atoms with Crippen LogP contribution in [0.3, 0.4) is 0 Å². The van der Waals surface area contributed by atoms with Crippen LogP contribution >= 0.6 is 0 Å². The second-order valence-corrected chi connectivity index (χ2v) is 5.33. The summed E-state index contributed by atoms with van der Waals surface area (Å²) in [6.07, 6.45) is 3.94. The molecule has 0 saturated heterocycles. The molecular weight excluding hydrogens is 266 g/mol. The Morgan fingerprint density at radius 2 is 2.10 bits per heavy atom. The quantitative estimate of drug-likeness (QED) is 0.932. The number of methoxy groups -OCH3 is 2. The first kappa shape index (κ1) is 13.9. The fourth-order valence-electron chi connectivity index (χ4n) is 3.02. The van der Waals surface area contributed by atoms with Crippen LogP contribution in [0, 0.1) is 0 Å². The standard InChI is InChI=1S/C16H21N3O2/c1-19-16-12(10-18-19)6-7-17-13(16)8-11-4-5-14(20-2)15(9-11)21-3/h4-5,9-10,13,17H,6-8H2,1-3H3. The highest BCUT2D eigenvalue weighted by Gasteiger charge is 2.24. The molecule has 0 aliphatic carbocycles. The zero-order chi connectivity index (χ0) is 14.8. The van der Waals surface area contributed by atoms with Crippen molar-refractivity contribution in [1.82, 2.24) is 15.1 Å². The first-order chi connectivity index (χ1) is 10.2. The van der Waals surface area contributed by atoms with E-state index in [0.717, 1.165) is 30.9 Å². The molecule has 0 radical (unpaired) electrons. The number of nitrogens with one attached hydrogen (secondary N) is 1. The molecule has 0 spiro atoms. The van der Waals surface area contributed by atoms with Crippen LogP contribution in [0.4, 0.5) is 0 Å². The number of hydrogen-bond acceptors (Lipinski definition) is 4. The summed E-state index contributed by atoms with van der Waals surface area (Å²) in [5.74, 6) is 1.54. The molecule has 0 amide bonds. The van der Waals surface area contributed by atoms with Gasteiger partial charge in [0.1, 0.15) is 0 Å². The topological polar surface area (TPSA) is 48.3 Å². The predicted molar refractivity (Wildman–Crippen MR) is 80.9 cm³/mol. The molecule has 1 unspecified atom stereocenters. The van der Waals surface area contributed by atoms with Gasteiger partial charge in [0, 0.05) is 7.05 Å². The molecule has 21 heavy (non-hydrogen) atoms. The number of nitrogens with zero attached hydrogens (tertiary/aromatic N) is 2. The van der Waals surface area contributed by atoms with E-state index < -0.39 is 0 Å². The normalized spacial score (nSPS) is 17.4. The average molecular weight is 287 g/mol. The SMILES string of the molecule is COc1ccc(CC2NCCc3cnn(C)c32)cc1OC. The van der Waals surface area contributed by atoms with Crippen molar-refractivity contribution in [3.63, 3.8) is 0 Å². The van der Waals surface area contributed by atoms with Crippen molar-refractivity contribution in [2.45, 2.75) is 18.9 Å². The predicted octanol–water partition coefficient (Wildman–Crippen LogP) is 1.87. The van der Waals surface area contributed by atoms with E-state index in [-0.39, 0.29) is 0 Å². The van der Waals surface area contributed by atoms with Gasteiger partial charge in [0.15, 0.2) is 11.5 Å². The molecule has 0 saturated carbocycles. The monoisotopic (exact) mass is 287 g/mol. The van der Waals surface area contributed by atoms with E-state index in [4.69, 9.17) is 9.47 Å². The summed E-state index contributed by atoms with van der Waals surface area (Å²) in [7, 11) is 5.33. The van der Waals surface area contributed by atoms with Crippen LogP contribution in [0.25, 0.3) is 0 Å². The minimum atomic E-state index is 0.291. The molecule has 0 fully saturated rings. The summed E-state index contributed by atoms with van der Waals surface area (Å²) in [5.41, 5.74) is 3.86. The zero-order valence-electron chi connectivity index (χ0n) is 12.7. The van der Waals surface area contributed by atoms with E-state index in [9.17, 15) is 0 Å². The number of benzene rings is 1. The molecule has 5 heteroatoms. The maximum atomic E-state index is 5.38. The lowest BCUT2D eigenvalue weighted by Gasteiger charge is -2.25. The Bertz CT molecular complexity index is 636. The third kappa shape index (κ3) is 2.61. The molecule has 1 aliphatic heterocycles. The maximum Gasteiger partial charge on any atom is 0.160 e. The minimum Gasteiger partial charge on any atom is -0.493 e. The maximum absolute atomic E-state index is 5.38. The second-order valence-electron chi connectivity index (χ2n) is 5.33. The number of aryl methyl sites for hydroxylation is 1. The van der Waals surface area contributed by atoms with Gasteiger partial charge < -0.3 is 14.8 Å². The fraction of sp³-hybridized carbons (Fsp3) is 0.438. The van der Waals surface area contributed by atoms with Crippen LogP contribution in [-0.2, 0) is 19.9 Å². The Kier molecular flexibility index (Phi) is 3.84. The van der Waals surface area contributed by atoms with Gasteiger partial charge in [0.05, 0.1) is 32.2 Å². The Morgan fingerprint density at radius 1 is 1.29 bits per heavy atom. The van der Waals surface area contributed by atoms with Gasteiger partial charge in [-0.2, -0.15) is 5.10 Å². The number of hydrogen-bond donors (Lipinski definition) is 1. The lowest BCUT2D eigenvalue weighted by atomic mass is 9.96. The van der Waals surface area contributed by atoms with Gasteiger partial charge in [-0.3, -0.25) is 4.68 Å². The molecule has 112 valence electrons. The van der Waals surface area contributed by atoms with Crippen molar-refractivity contribution in [2.75, 3.05) is 20.8 Å². The van der Waals surface area contributed by atoms with Gasteiger partial charge in [-0.1, -0.05) is 6.07 Å². The molecule has 2 aromatic rings. The highest BCUT2D eigenvalue weighted by molar-refractivity contribution is 5.43. The molecule has 1 aromatic carbocycles. The first-order valence-corrected chi connectivity index (χ1v) is 7.18. The highest BCUT2D eigenvalue weighted by Crippen LogP contribution is 2.31. The summed E-state index contributed by atoms with van der Waals surface area (Å²) in [4.78, 5) is 0. The van der Waals surface area contributed by atoms with Crippen LogP contribution in [-0.4, -0.2) is 30.5 Å². The van der Waals surface area contributed by atoms with Gasteiger partial charge in [0.2, 0.25) is 0 Å². The van der Waals surface area contributed by atoms with Gasteiger partial charge in [-0.15, -0.1) is 0 Å². The fourth-order valence-corrected chi connectivity index (χ4v) is 3.02. The number of rotatable bonds is 4. The van der Waals surface area contributed by atoms with Crippen LogP contribution in [0.15, 0.2) is 24.4 Å². The minimum absolute atomic E-state index is 0.291. The van der Waals surface area contributed by atoms with E-state index in [0.29, 0.717) is 6.04 Å². The molecule has 3 rings (SSSR count). The third-order valence-electron chi connectivity index (χ3n) is 4.07. The summed E-state index contributed by atoms with van der Waals surface area (Å²) < 4.78 is 12.6. The average Bonchev–Trinajstić information content (AvgIpc) is 2.90. The third-order valence-corrected chi connectivity index (χ3v) is 4.07. The zero-order valence-corrected chi connectivity index (χ0v) is 12.7. The van der Waals surface area contributed by atoms with Crippen molar-refractivity contribution in [2.24, 2.45) is 7.05 Å². The van der Waals surface area contributed by atoms with E-state index in [1.54, 1.807) is 14.2 Å². The van der Waals surface area contributed by atoms with Gasteiger partial charge in [0.25, 0.3) is 0 Å². The van der Waals surface area contributed by atoms with Crippen LogP contribution in [0.2, 0.25) is 0 Å². The Labute approximate surface area is 124 Å². The van der Waals surface area contributed by atoms with Crippen LogP contribution in [0.5, 0.6) is 11.5 Å². The summed E-state index contributed by atoms with van der Waals surface area (Å²) in [6, 6.07) is 6.39. The molecule has 1 atom stereocenters. The van der Waals surface area contributed by atoms with E-state index in [1.807, 2.05) is 30.1 Å². The largest absolute Gasteiger partial charge is 0.493 e. The summed E-state index contributed by atoms with van der Waals surface area (Å²) >= 11 is 0. The Morgan fingerprint density at radius 3 is 2.86 bits per heavy atom. The van der Waals surface area contributed by atoms with Crippen LogP contribution in [0.1, 0.15) is 22.9 Å². The number of aromatic nitrogens is 2. The number of ether oxygens (including phenoxy) is 2. The van der Waals surface area contributed by atoms with Crippen molar-refractivity contribution < 1.29 is 9.47 Å². The van der Waals surface area contributed by atoms with E-state index in [2.05, 4.69) is 16.5 Å². The van der Waals surface area contributed by atoms with Crippen molar-refractivity contribution >= 4 is 0 Å². The molecule has 0 bridgehead atoms. The molecule has 1 N–H and O–H groups in total. The molecular formula is C16H21N3O2. The second kappa shape index (κ2) is 5.77. The molecule has 5 nitrogen and oxygen atoms in total. The van der Waals surface area contributed by atoms with Gasteiger partial charge in [-0.05, 0) is 42.6 Å². The summed E-state index contributed by atoms with van der Waals surface area (Å²) in [5, 5.41) is 7.97. The van der Waals surface area contributed by atoms with Crippen LogP contribution < -0.4 is 14.8 Å². The smallest absolute Gasteiger partial charge is 0.160 e. The van der Waals surface area contributed by atoms with Crippen molar-refractivity contribution in [3.05, 3.63) is 41.2 Å². The summed E-state index contributed by atoms with van der Waals surface area (Å²) in [6.45, 7) is 0.997. The highest BCUT2D eigenvalue weighted by atomic mass is 16.5. The lowest BCUT2D eigenvalue weighted by molar-refractivity contribution is 0.354. The van der Waals surface area contributed by atoms with Gasteiger partial charge >= 0.3 is 0 Å². The van der Waals surface area contributed by atoms with E-state index >= 15 is 0 Å². The van der Waals surface area contributed by atoms with E-state index in [1.165, 1.54) is 16.8 Å². The lowest BCUT2D eigenvalue weighted by Crippen LogP contribution is -2.32. The molecule has 1 aromatic heterocycles. The Balaban J connectivity index is 1.86. The van der Waals surface area contributed by atoms with Crippen molar-refractivity contribution in [3.8, 4) is 11.5 Å². The Hall–Kier alpha value is -2.01. The van der Waals surface area contributed by atoms with Gasteiger partial charge in [-0.25, -0.2) is 0 Å².